The summed E-state index contributed by atoms with van der Waals surface area (Å²) in [4.78, 5) is 24.9. The quantitative estimate of drug-likeness (QED) is 0.338. The molecule has 0 spiro atoms. The molecule has 0 bridgehead atoms. The fraction of sp³-hybridized carbons (Fsp3) is 0.571. The molecule has 0 N–H and O–H groups in total. The van der Waals surface area contributed by atoms with E-state index in [0.29, 0.717) is 25.2 Å². The average molecular weight is 535 g/mol. The Labute approximate surface area is 228 Å². The molecule has 1 atom stereocenters. The van der Waals surface area contributed by atoms with Crippen LogP contribution in [-0.4, -0.2) is 100 Å². The van der Waals surface area contributed by atoms with Gasteiger partial charge in [-0.1, -0.05) is 19.1 Å². The molecule has 2 saturated heterocycles. The minimum atomic E-state index is -0.210. The molecule has 3 aromatic heterocycles. The lowest BCUT2D eigenvalue weighted by Gasteiger charge is -2.33. The monoisotopic (exact) mass is 534 g/mol. The maximum Gasteiger partial charge on any atom is 0.239 e. The number of benzene rings is 1. The van der Waals surface area contributed by atoms with Crippen LogP contribution in [-0.2, 0) is 27.7 Å². The van der Waals surface area contributed by atoms with Gasteiger partial charge in [0.2, 0.25) is 5.95 Å². The van der Waals surface area contributed by atoms with E-state index in [4.69, 9.17) is 34.1 Å². The molecule has 1 aromatic carbocycles. The average Bonchev–Trinajstić information content (AvgIpc) is 3.53. The zero-order valence-electron chi connectivity index (χ0n) is 23.3. The Morgan fingerprint density at radius 3 is 2.51 bits per heavy atom. The van der Waals surface area contributed by atoms with Crippen molar-refractivity contribution in [3.05, 3.63) is 35.9 Å². The SMILES string of the molecule is CCc1nc2ccccc2n1-c1nc(N2CCOCC2)c2nc(C(CN(C)C3CCOCC3)OC)n(C)c2n1. The standard InChI is InChI=1S/C28H38N8O3/c1-5-23-29-20-8-6-7-9-21(20)36(23)28-31-26-24(27(32-28)35-12-16-39-17-13-35)30-25(34(26)3)22(37-4)18-33(2)19-10-14-38-15-11-19/h6-9,19,22H,5,10-18H2,1-4H3. The van der Waals surface area contributed by atoms with Gasteiger partial charge < -0.3 is 28.6 Å². The zero-order chi connectivity index (χ0) is 26.9. The number of aromatic nitrogens is 6. The van der Waals surface area contributed by atoms with E-state index in [1.165, 1.54) is 0 Å². The Morgan fingerprint density at radius 1 is 1.03 bits per heavy atom. The number of nitrogens with zero attached hydrogens (tertiary/aromatic N) is 8. The molecule has 2 aliphatic rings. The lowest BCUT2D eigenvalue weighted by molar-refractivity contribution is 0.0106. The highest BCUT2D eigenvalue weighted by molar-refractivity contribution is 5.86. The molecule has 6 rings (SSSR count). The summed E-state index contributed by atoms with van der Waals surface area (Å²) < 4.78 is 21.4. The number of hydrogen-bond donors (Lipinski definition) is 0. The molecule has 39 heavy (non-hydrogen) atoms. The molecule has 0 amide bonds. The number of morpholine rings is 1. The number of rotatable bonds is 8. The first-order valence-electron chi connectivity index (χ1n) is 13.9. The van der Waals surface area contributed by atoms with Crippen molar-refractivity contribution >= 4 is 28.0 Å². The second-order valence-corrected chi connectivity index (χ2v) is 10.4. The largest absolute Gasteiger partial charge is 0.381 e. The van der Waals surface area contributed by atoms with Gasteiger partial charge in [-0.05, 0) is 32.0 Å². The van der Waals surface area contributed by atoms with Crippen molar-refractivity contribution in [3.63, 3.8) is 0 Å². The maximum absolute atomic E-state index is 6.04. The van der Waals surface area contributed by atoms with Crippen molar-refractivity contribution < 1.29 is 14.2 Å². The van der Waals surface area contributed by atoms with Gasteiger partial charge in [-0.3, -0.25) is 4.57 Å². The normalized spacial score (nSPS) is 18.0. The van der Waals surface area contributed by atoms with Gasteiger partial charge in [0.1, 0.15) is 17.8 Å². The number of imidazole rings is 2. The molecule has 4 aromatic rings. The van der Waals surface area contributed by atoms with Gasteiger partial charge in [0.25, 0.3) is 0 Å². The number of methoxy groups -OCH3 is 1. The number of ether oxygens (including phenoxy) is 3. The molecule has 2 aliphatic heterocycles. The second-order valence-electron chi connectivity index (χ2n) is 10.4. The fourth-order valence-corrected chi connectivity index (χ4v) is 5.77. The molecule has 11 nitrogen and oxygen atoms in total. The molecule has 5 heterocycles. The van der Waals surface area contributed by atoms with Gasteiger partial charge in [0.15, 0.2) is 17.0 Å². The summed E-state index contributed by atoms with van der Waals surface area (Å²) in [5.41, 5.74) is 3.51. The van der Waals surface area contributed by atoms with E-state index in [9.17, 15) is 0 Å². The summed E-state index contributed by atoms with van der Waals surface area (Å²) in [5.74, 6) is 3.21. The fourth-order valence-electron chi connectivity index (χ4n) is 5.77. The molecular formula is C28H38N8O3. The highest BCUT2D eigenvalue weighted by Gasteiger charge is 2.29. The predicted octanol–water partition coefficient (Wildman–Crippen LogP) is 2.90. The van der Waals surface area contributed by atoms with Crippen molar-refractivity contribution in [2.75, 3.05) is 65.1 Å². The van der Waals surface area contributed by atoms with E-state index >= 15 is 0 Å². The van der Waals surface area contributed by atoms with Gasteiger partial charge in [-0.2, -0.15) is 9.97 Å². The maximum atomic E-state index is 6.04. The van der Waals surface area contributed by atoms with Crippen LogP contribution in [0, 0.1) is 0 Å². The summed E-state index contributed by atoms with van der Waals surface area (Å²) in [7, 11) is 5.95. The number of anilines is 1. The number of para-hydroxylation sites is 2. The lowest BCUT2D eigenvalue weighted by Crippen LogP contribution is -2.39. The van der Waals surface area contributed by atoms with Crippen LogP contribution in [0.5, 0.6) is 0 Å². The molecule has 2 fully saturated rings. The van der Waals surface area contributed by atoms with Crippen molar-refractivity contribution in [2.45, 2.75) is 38.3 Å². The van der Waals surface area contributed by atoms with Crippen LogP contribution in [0.1, 0.15) is 37.5 Å². The number of fused-ring (bicyclic) bond motifs is 2. The summed E-state index contributed by atoms with van der Waals surface area (Å²) in [6, 6.07) is 8.63. The topological polar surface area (TPSA) is 95.6 Å². The number of aryl methyl sites for hydroxylation is 2. The molecule has 0 radical (unpaired) electrons. The van der Waals surface area contributed by atoms with E-state index in [1.807, 2.05) is 25.2 Å². The number of hydrogen-bond acceptors (Lipinski definition) is 9. The minimum Gasteiger partial charge on any atom is -0.381 e. The summed E-state index contributed by atoms with van der Waals surface area (Å²) in [6.07, 6.45) is 2.62. The predicted molar refractivity (Wildman–Crippen MR) is 150 cm³/mol. The second kappa shape index (κ2) is 11.2. The van der Waals surface area contributed by atoms with Gasteiger partial charge in [-0.25, -0.2) is 9.97 Å². The van der Waals surface area contributed by atoms with Crippen molar-refractivity contribution in [1.82, 2.24) is 34.0 Å². The van der Waals surface area contributed by atoms with Crippen LogP contribution >= 0.6 is 0 Å². The van der Waals surface area contributed by atoms with Crippen LogP contribution in [0.3, 0.4) is 0 Å². The third-order valence-corrected chi connectivity index (χ3v) is 8.02. The minimum absolute atomic E-state index is 0.210. The first-order valence-corrected chi connectivity index (χ1v) is 13.9. The molecule has 0 saturated carbocycles. The van der Waals surface area contributed by atoms with Crippen LogP contribution in [0.4, 0.5) is 5.82 Å². The Hall–Kier alpha value is -3.12. The van der Waals surface area contributed by atoms with Crippen LogP contribution in [0.2, 0.25) is 0 Å². The Morgan fingerprint density at radius 2 is 1.77 bits per heavy atom. The van der Waals surface area contributed by atoms with Crippen LogP contribution in [0.15, 0.2) is 24.3 Å². The first-order chi connectivity index (χ1) is 19.1. The summed E-state index contributed by atoms with van der Waals surface area (Å²) in [5, 5.41) is 0. The van der Waals surface area contributed by atoms with Gasteiger partial charge in [0.05, 0.1) is 24.2 Å². The Kier molecular flexibility index (Phi) is 7.48. The van der Waals surface area contributed by atoms with Crippen LogP contribution in [0.25, 0.3) is 28.1 Å². The molecule has 208 valence electrons. The van der Waals surface area contributed by atoms with E-state index in [-0.39, 0.29) is 6.10 Å². The van der Waals surface area contributed by atoms with Gasteiger partial charge >= 0.3 is 0 Å². The first kappa shape index (κ1) is 26.1. The number of likely N-dealkylation sites (N-methyl/N-ethyl adjacent to an activating group) is 1. The Balaban J connectivity index is 1.47. The van der Waals surface area contributed by atoms with Crippen molar-refractivity contribution in [3.8, 4) is 5.95 Å². The van der Waals surface area contributed by atoms with E-state index < -0.39 is 0 Å². The summed E-state index contributed by atoms with van der Waals surface area (Å²) in [6.45, 7) is 7.28. The van der Waals surface area contributed by atoms with E-state index in [0.717, 1.165) is 91.8 Å². The lowest BCUT2D eigenvalue weighted by atomic mass is 10.1. The van der Waals surface area contributed by atoms with Crippen molar-refractivity contribution in [1.29, 1.82) is 0 Å². The Bertz CT molecular complexity index is 1440. The highest BCUT2D eigenvalue weighted by Crippen LogP contribution is 2.31. The van der Waals surface area contributed by atoms with Gasteiger partial charge in [-0.15, -0.1) is 0 Å². The third-order valence-electron chi connectivity index (χ3n) is 8.02. The smallest absolute Gasteiger partial charge is 0.239 e. The van der Waals surface area contributed by atoms with Gasteiger partial charge in [0, 0.05) is 59.5 Å². The van der Waals surface area contributed by atoms with Crippen molar-refractivity contribution in [2.24, 2.45) is 7.05 Å². The van der Waals surface area contributed by atoms with Crippen LogP contribution < -0.4 is 4.90 Å². The molecule has 0 aliphatic carbocycles. The zero-order valence-corrected chi connectivity index (χ0v) is 23.3. The molecule has 11 heteroatoms. The molecule has 1 unspecified atom stereocenters. The molecular weight excluding hydrogens is 496 g/mol. The highest BCUT2D eigenvalue weighted by atomic mass is 16.5. The summed E-state index contributed by atoms with van der Waals surface area (Å²) >= 11 is 0. The van der Waals surface area contributed by atoms with E-state index in [1.54, 1.807) is 7.11 Å². The van der Waals surface area contributed by atoms with E-state index in [2.05, 4.69) is 39.0 Å². The third kappa shape index (κ3) is 4.88.